The van der Waals surface area contributed by atoms with Gasteiger partial charge in [-0.15, -0.1) is 0 Å². The molecule has 0 aromatic heterocycles. The van der Waals surface area contributed by atoms with Gasteiger partial charge in [0, 0.05) is 6.08 Å². The largest absolute Gasteiger partial charge is 0.466 e. The van der Waals surface area contributed by atoms with Gasteiger partial charge in [0.05, 0.1) is 7.11 Å². The van der Waals surface area contributed by atoms with Crippen molar-refractivity contribution < 1.29 is 9.53 Å². The minimum atomic E-state index is -0.329. The number of rotatable bonds is 2. The second kappa shape index (κ2) is 4.61. The molecule has 0 heterocycles. The highest BCUT2D eigenvalue weighted by molar-refractivity contribution is 5.87. The quantitative estimate of drug-likeness (QED) is 0.529. The molecule has 0 N–H and O–H groups in total. The molecule has 0 atom stereocenters. The molecule has 0 spiro atoms. The molecule has 1 rings (SSSR count). The molecule has 0 unspecified atom stereocenters. The van der Waals surface area contributed by atoms with Crippen LogP contribution in [-0.2, 0) is 9.53 Å². The zero-order valence-electron chi connectivity index (χ0n) is 8.70. The van der Waals surface area contributed by atoms with Crippen molar-refractivity contribution in [3.05, 3.63) is 41.0 Å². The van der Waals surface area contributed by atoms with E-state index in [-0.39, 0.29) is 5.97 Å². The molecule has 0 aliphatic heterocycles. The van der Waals surface area contributed by atoms with Crippen LogP contribution in [0.1, 0.15) is 16.7 Å². The van der Waals surface area contributed by atoms with Crippen LogP contribution in [0.4, 0.5) is 0 Å². The minimum absolute atomic E-state index is 0.329. The summed E-state index contributed by atoms with van der Waals surface area (Å²) in [5.74, 6) is -0.329. The number of esters is 1. The van der Waals surface area contributed by atoms with Crippen molar-refractivity contribution in [1.82, 2.24) is 0 Å². The number of hydrogen-bond donors (Lipinski definition) is 0. The lowest BCUT2D eigenvalue weighted by atomic mass is 10.1. The molecule has 2 nitrogen and oxygen atoms in total. The molecule has 0 saturated heterocycles. The van der Waals surface area contributed by atoms with E-state index in [0.29, 0.717) is 0 Å². The molecule has 1 aromatic rings. The Morgan fingerprint density at radius 1 is 1.36 bits per heavy atom. The van der Waals surface area contributed by atoms with Crippen LogP contribution in [0.25, 0.3) is 6.08 Å². The Morgan fingerprint density at radius 2 is 2.07 bits per heavy atom. The second-order valence-corrected chi connectivity index (χ2v) is 3.22. The van der Waals surface area contributed by atoms with Gasteiger partial charge in [-0.2, -0.15) is 0 Å². The van der Waals surface area contributed by atoms with Crippen molar-refractivity contribution in [1.29, 1.82) is 0 Å². The first kappa shape index (κ1) is 10.5. The van der Waals surface area contributed by atoms with Crippen LogP contribution in [-0.4, -0.2) is 13.1 Å². The number of carbonyl (C=O) groups is 1. The molecule has 2 heteroatoms. The Labute approximate surface area is 84.2 Å². The average molecular weight is 190 g/mol. The van der Waals surface area contributed by atoms with E-state index in [1.54, 1.807) is 6.08 Å². The normalized spacial score (nSPS) is 10.5. The lowest BCUT2D eigenvalue weighted by molar-refractivity contribution is -0.134. The molecule has 0 amide bonds. The van der Waals surface area contributed by atoms with E-state index >= 15 is 0 Å². The summed E-state index contributed by atoms with van der Waals surface area (Å²) in [6, 6.07) is 6.09. The fraction of sp³-hybridized carbons (Fsp3) is 0.250. The Bertz CT molecular complexity index is 365. The summed E-state index contributed by atoms with van der Waals surface area (Å²) in [6.45, 7) is 4.06. The Morgan fingerprint density at radius 3 is 2.64 bits per heavy atom. The smallest absolute Gasteiger partial charge is 0.330 e. The fourth-order valence-corrected chi connectivity index (χ4v) is 1.24. The van der Waals surface area contributed by atoms with E-state index in [2.05, 4.69) is 10.8 Å². The summed E-state index contributed by atoms with van der Waals surface area (Å²) >= 11 is 0. The Kier molecular flexibility index (Phi) is 3.46. The summed E-state index contributed by atoms with van der Waals surface area (Å²) in [7, 11) is 1.37. The third-order valence-corrected chi connectivity index (χ3v) is 2.03. The van der Waals surface area contributed by atoms with Crippen molar-refractivity contribution >= 4 is 12.0 Å². The van der Waals surface area contributed by atoms with Gasteiger partial charge < -0.3 is 4.74 Å². The molecule has 14 heavy (non-hydrogen) atoms. The summed E-state index contributed by atoms with van der Waals surface area (Å²) in [4.78, 5) is 10.9. The zero-order valence-corrected chi connectivity index (χ0v) is 8.70. The highest BCUT2D eigenvalue weighted by atomic mass is 16.5. The number of carbonyl (C=O) groups excluding carboxylic acids is 1. The molecule has 0 radical (unpaired) electrons. The van der Waals surface area contributed by atoms with Crippen LogP contribution in [0.2, 0.25) is 0 Å². The molecule has 74 valence electrons. The van der Waals surface area contributed by atoms with E-state index in [1.165, 1.54) is 18.7 Å². The van der Waals surface area contributed by atoms with Gasteiger partial charge in [-0.1, -0.05) is 23.8 Å². The molecule has 0 aliphatic carbocycles. The zero-order chi connectivity index (χ0) is 10.6. The highest BCUT2D eigenvalue weighted by Crippen LogP contribution is 2.11. The van der Waals surface area contributed by atoms with Gasteiger partial charge in [-0.3, -0.25) is 0 Å². The predicted octanol–water partition coefficient (Wildman–Crippen LogP) is 2.49. The summed E-state index contributed by atoms with van der Waals surface area (Å²) < 4.78 is 4.51. The summed E-state index contributed by atoms with van der Waals surface area (Å²) in [6.07, 6.45) is 3.19. The van der Waals surface area contributed by atoms with Crippen molar-refractivity contribution in [3.63, 3.8) is 0 Å². The third kappa shape index (κ3) is 2.73. The maximum atomic E-state index is 10.9. The molecule has 0 bridgehead atoms. The molecular weight excluding hydrogens is 176 g/mol. The highest BCUT2D eigenvalue weighted by Gasteiger charge is 1.96. The molecule has 0 fully saturated rings. The van der Waals surface area contributed by atoms with E-state index in [1.807, 2.05) is 26.0 Å². The lowest BCUT2D eigenvalue weighted by Crippen LogP contribution is -1.93. The second-order valence-electron chi connectivity index (χ2n) is 3.22. The van der Waals surface area contributed by atoms with E-state index in [0.717, 1.165) is 11.1 Å². The third-order valence-electron chi connectivity index (χ3n) is 2.03. The summed E-state index contributed by atoms with van der Waals surface area (Å²) in [5, 5.41) is 0. The van der Waals surface area contributed by atoms with Crippen LogP contribution < -0.4 is 0 Å². The SMILES string of the molecule is COC(=O)/C=C/c1ccc(C)cc1C. The van der Waals surface area contributed by atoms with Crippen LogP contribution in [0.5, 0.6) is 0 Å². The number of aryl methyl sites for hydroxylation is 2. The van der Waals surface area contributed by atoms with Gasteiger partial charge in [-0.05, 0) is 31.1 Å². The van der Waals surface area contributed by atoms with Crippen molar-refractivity contribution in [2.24, 2.45) is 0 Å². The average Bonchev–Trinajstić information content (AvgIpc) is 2.16. The first-order valence-corrected chi connectivity index (χ1v) is 4.47. The maximum Gasteiger partial charge on any atom is 0.330 e. The first-order valence-electron chi connectivity index (χ1n) is 4.47. The standard InChI is InChI=1S/C12H14O2/c1-9-4-5-11(10(2)8-9)6-7-12(13)14-3/h4-8H,1-3H3/b7-6+. The van der Waals surface area contributed by atoms with Crippen LogP contribution in [0, 0.1) is 13.8 Å². The van der Waals surface area contributed by atoms with Gasteiger partial charge in [0.1, 0.15) is 0 Å². The number of benzene rings is 1. The number of methoxy groups -OCH3 is 1. The monoisotopic (exact) mass is 190 g/mol. The van der Waals surface area contributed by atoms with Gasteiger partial charge in [0.2, 0.25) is 0 Å². The van der Waals surface area contributed by atoms with Gasteiger partial charge >= 0.3 is 5.97 Å². The molecule has 0 saturated carbocycles. The lowest BCUT2D eigenvalue weighted by Gasteiger charge is -2.00. The Hall–Kier alpha value is -1.57. The van der Waals surface area contributed by atoms with Crippen molar-refractivity contribution in [2.75, 3.05) is 7.11 Å². The topological polar surface area (TPSA) is 26.3 Å². The molecule has 1 aromatic carbocycles. The van der Waals surface area contributed by atoms with Crippen LogP contribution in [0.3, 0.4) is 0 Å². The molecule has 0 aliphatic rings. The van der Waals surface area contributed by atoms with Gasteiger partial charge in [-0.25, -0.2) is 4.79 Å². The van der Waals surface area contributed by atoms with Gasteiger partial charge in [0.25, 0.3) is 0 Å². The summed E-state index contributed by atoms with van der Waals surface area (Å²) in [5.41, 5.74) is 3.42. The van der Waals surface area contributed by atoms with Crippen LogP contribution in [0.15, 0.2) is 24.3 Å². The fourth-order valence-electron chi connectivity index (χ4n) is 1.24. The van der Waals surface area contributed by atoms with E-state index in [4.69, 9.17) is 0 Å². The van der Waals surface area contributed by atoms with E-state index in [9.17, 15) is 4.79 Å². The van der Waals surface area contributed by atoms with Crippen LogP contribution >= 0.6 is 0 Å². The van der Waals surface area contributed by atoms with Gasteiger partial charge in [0.15, 0.2) is 0 Å². The minimum Gasteiger partial charge on any atom is -0.466 e. The number of hydrogen-bond acceptors (Lipinski definition) is 2. The number of ether oxygens (including phenoxy) is 1. The first-order chi connectivity index (χ1) is 6.63. The van der Waals surface area contributed by atoms with Crippen molar-refractivity contribution in [3.8, 4) is 0 Å². The maximum absolute atomic E-state index is 10.9. The predicted molar refractivity (Wildman–Crippen MR) is 57.0 cm³/mol. The molecular formula is C12H14O2. The van der Waals surface area contributed by atoms with E-state index < -0.39 is 0 Å². The van der Waals surface area contributed by atoms with Crippen molar-refractivity contribution in [2.45, 2.75) is 13.8 Å². The Balaban J connectivity index is 2.87.